The fraction of sp³-hybridized carbons (Fsp3) is 0.185. The first-order valence-corrected chi connectivity index (χ1v) is 11.2. The van der Waals surface area contributed by atoms with Crippen LogP contribution in [0.15, 0.2) is 54.6 Å². The molecule has 5 rings (SSSR count). The van der Waals surface area contributed by atoms with Crippen molar-refractivity contribution in [1.29, 1.82) is 0 Å². The van der Waals surface area contributed by atoms with Crippen LogP contribution in [0, 0.1) is 0 Å². The van der Waals surface area contributed by atoms with Crippen molar-refractivity contribution >= 4 is 34.9 Å². The van der Waals surface area contributed by atoms with Crippen molar-refractivity contribution in [3.8, 4) is 11.5 Å². The second-order valence-corrected chi connectivity index (χ2v) is 9.15. The maximum absolute atomic E-state index is 13.6. The average molecular weight is 479 g/mol. The fourth-order valence-electron chi connectivity index (χ4n) is 5.05. The number of anilines is 2. The Bertz CT molecular complexity index is 1520. The van der Waals surface area contributed by atoms with E-state index >= 15 is 0 Å². The number of Topliss-reactive ketones (excluding diaryl/α,β-unsaturated/α-hetero) is 2. The van der Waals surface area contributed by atoms with Crippen LogP contribution in [0.1, 0.15) is 37.4 Å². The van der Waals surface area contributed by atoms with Crippen LogP contribution in [0.5, 0.6) is 11.5 Å². The number of benzene rings is 3. The predicted molar refractivity (Wildman–Crippen MR) is 135 cm³/mol. The third-order valence-electron chi connectivity index (χ3n) is 6.79. The second-order valence-electron chi connectivity index (χ2n) is 9.15. The van der Waals surface area contributed by atoms with Gasteiger partial charge in [-0.2, -0.15) is 9.58 Å². The smallest absolute Gasteiger partial charge is 0.358 e. The highest BCUT2D eigenvalue weighted by Crippen LogP contribution is 2.57. The predicted octanol–water partition coefficient (Wildman–Crippen LogP) is 3.61. The summed E-state index contributed by atoms with van der Waals surface area (Å²) in [7, 11) is 7.64. The van der Waals surface area contributed by atoms with Crippen LogP contribution in [0.4, 0.5) is 11.4 Å². The molecule has 3 aromatic rings. The summed E-state index contributed by atoms with van der Waals surface area (Å²) in [6.45, 7) is 0. The molecule has 178 valence electrons. The van der Waals surface area contributed by atoms with Gasteiger partial charge in [0.15, 0.2) is 5.41 Å². The molecule has 0 bridgehead atoms. The van der Waals surface area contributed by atoms with Crippen molar-refractivity contribution in [1.82, 2.24) is 0 Å². The lowest BCUT2D eigenvalue weighted by atomic mass is 9.67. The Labute approximate surface area is 207 Å². The van der Waals surface area contributed by atoms with Crippen LogP contribution in [-0.4, -0.2) is 61.3 Å². The molecular formula is C27H22N6O3. The first-order valence-electron chi connectivity index (χ1n) is 11.2. The van der Waals surface area contributed by atoms with Crippen LogP contribution >= 0.6 is 0 Å². The van der Waals surface area contributed by atoms with Gasteiger partial charge >= 0.3 is 11.9 Å². The molecule has 0 saturated carbocycles. The Morgan fingerprint density at radius 1 is 0.861 bits per heavy atom. The number of rotatable bonds is 4. The Balaban J connectivity index is 1.93. The van der Waals surface area contributed by atoms with Gasteiger partial charge in [0.25, 0.3) is 11.6 Å². The molecule has 0 aromatic heterocycles. The summed E-state index contributed by atoms with van der Waals surface area (Å²) < 4.78 is 6.38. The molecule has 1 aliphatic heterocycles. The monoisotopic (exact) mass is 478 g/mol. The van der Waals surface area contributed by atoms with E-state index in [1.165, 1.54) is 12.1 Å². The van der Waals surface area contributed by atoms with Crippen molar-refractivity contribution in [3.63, 3.8) is 0 Å². The molecule has 9 nitrogen and oxygen atoms in total. The van der Waals surface area contributed by atoms with E-state index in [-0.39, 0.29) is 11.3 Å². The Hall–Kier alpha value is -4.84. The number of hydrogen-bond acceptors (Lipinski definition) is 5. The summed E-state index contributed by atoms with van der Waals surface area (Å²) in [4.78, 5) is 36.4. The maximum atomic E-state index is 13.6. The highest BCUT2D eigenvalue weighted by Gasteiger charge is 2.62. The van der Waals surface area contributed by atoms with Gasteiger partial charge in [0, 0.05) is 74.0 Å². The molecule has 3 aromatic carbocycles. The molecule has 0 radical (unpaired) electrons. The van der Waals surface area contributed by atoms with E-state index in [1.54, 1.807) is 6.07 Å². The van der Waals surface area contributed by atoms with Crippen molar-refractivity contribution in [2.75, 3.05) is 38.0 Å². The lowest BCUT2D eigenvalue weighted by molar-refractivity contribution is -0.0118. The molecule has 36 heavy (non-hydrogen) atoms. The summed E-state index contributed by atoms with van der Waals surface area (Å²) in [6.07, 6.45) is 0.796. The normalized spacial score (nSPS) is 14.1. The molecule has 1 spiro atoms. The van der Waals surface area contributed by atoms with Crippen LogP contribution in [0.25, 0.3) is 11.1 Å². The van der Waals surface area contributed by atoms with Gasteiger partial charge < -0.3 is 25.6 Å². The zero-order chi connectivity index (χ0) is 25.8. The van der Waals surface area contributed by atoms with Gasteiger partial charge in [-0.05, 0) is 29.8 Å². The molecular weight excluding hydrogens is 456 g/mol. The van der Waals surface area contributed by atoms with E-state index in [1.807, 2.05) is 74.4 Å². The van der Waals surface area contributed by atoms with Gasteiger partial charge in [0.1, 0.15) is 11.5 Å². The Morgan fingerprint density at radius 3 is 1.94 bits per heavy atom. The van der Waals surface area contributed by atoms with Gasteiger partial charge in [-0.15, -0.1) is 0 Å². The lowest BCUT2D eigenvalue weighted by Gasteiger charge is -2.35. The Morgan fingerprint density at radius 2 is 1.44 bits per heavy atom. The molecule has 0 amide bonds. The summed E-state index contributed by atoms with van der Waals surface area (Å²) >= 11 is 0. The molecule has 0 N–H and O–H groups in total. The molecule has 0 atom stereocenters. The number of carbonyl (C=O) groups is 2. The van der Waals surface area contributed by atoms with Gasteiger partial charge in [-0.3, -0.25) is 9.59 Å². The molecule has 1 aliphatic carbocycles. The van der Waals surface area contributed by atoms with E-state index in [9.17, 15) is 15.1 Å². The van der Waals surface area contributed by atoms with Crippen LogP contribution < -0.4 is 14.5 Å². The highest BCUT2D eigenvalue weighted by molar-refractivity contribution is 6.52. The molecule has 0 fully saturated rings. The number of hydrogen-bond donors (Lipinski definition) is 0. The minimum atomic E-state index is -1.33. The molecule has 2 aliphatic rings. The van der Waals surface area contributed by atoms with E-state index in [2.05, 4.69) is 9.58 Å². The number of ketones is 2. The van der Waals surface area contributed by atoms with Crippen molar-refractivity contribution in [2.24, 2.45) is 0 Å². The van der Waals surface area contributed by atoms with E-state index in [0.717, 1.165) is 17.6 Å². The van der Waals surface area contributed by atoms with E-state index in [4.69, 9.17) is 10.3 Å². The van der Waals surface area contributed by atoms with E-state index in [0.29, 0.717) is 33.8 Å². The molecule has 9 heteroatoms. The topological polar surface area (TPSA) is 123 Å². The number of fused-ring (bicyclic) bond motifs is 6. The summed E-state index contributed by atoms with van der Waals surface area (Å²) in [6, 6.07) is 15.8. The number of carbonyl (C=O) groups excluding carboxylic acids is 2. The first-order chi connectivity index (χ1) is 17.2. The van der Waals surface area contributed by atoms with Gasteiger partial charge in [0.2, 0.25) is 0 Å². The van der Waals surface area contributed by atoms with Gasteiger partial charge in [-0.25, -0.2) is 0 Å². The molecule has 0 saturated heterocycles. The maximum Gasteiger partial charge on any atom is 0.358 e. The number of nitrogens with zero attached hydrogens (tertiary/aromatic N) is 6. The van der Waals surface area contributed by atoms with Crippen molar-refractivity contribution in [2.45, 2.75) is 5.41 Å². The third kappa shape index (κ3) is 3.04. The molecule has 0 unspecified atom stereocenters. The molecule has 1 heterocycles. The fourth-order valence-corrected chi connectivity index (χ4v) is 5.05. The zero-order valence-electron chi connectivity index (χ0n) is 20.2. The summed E-state index contributed by atoms with van der Waals surface area (Å²) in [5, 5.41) is 0. The number of ether oxygens (including phenoxy) is 1. The second kappa shape index (κ2) is 8.13. The van der Waals surface area contributed by atoms with E-state index < -0.39 is 17.0 Å². The summed E-state index contributed by atoms with van der Waals surface area (Å²) in [5.74, 6) is 0.0188. The third-order valence-corrected chi connectivity index (χ3v) is 6.79. The largest absolute Gasteiger partial charge is 0.457 e. The minimum absolute atomic E-state index is 0.0843. The van der Waals surface area contributed by atoms with Crippen LogP contribution in [0.2, 0.25) is 0 Å². The first kappa shape index (κ1) is 22.9. The minimum Gasteiger partial charge on any atom is -0.457 e. The van der Waals surface area contributed by atoms with Crippen LogP contribution in [-0.2, 0) is 5.41 Å². The van der Waals surface area contributed by atoms with Crippen LogP contribution in [0.3, 0.4) is 0 Å². The standard InChI is InChI=1S/C27H22N6O3/c1-32(2)16-6-9-19-23(12-16)36-24-13-17(33(3)4)7-10-20(24)27(19)21-11-15(22(34)14-30-28)5-8-18(21)25(35)26(27)31-29/h5-14H,1-4H3. The zero-order valence-corrected chi connectivity index (χ0v) is 20.2. The van der Waals surface area contributed by atoms with Crippen molar-refractivity contribution in [3.05, 3.63) is 93.5 Å². The van der Waals surface area contributed by atoms with Gasteiger partial charge in [0.05, 0.1) is 0 Å². The highest BCUT2D eigenvalue weighted by atomic mass is 16.5. The average Bonchev–Trinajstić information content (AvgIpc) is 3.11. The quantitative estimate of drug-likeness (QED) is 0.245. The Kier molecular flexibility index (Phi) is 5.18. The van der Waals surface area contributed by atoms with Gasteiger partial charge in [-0.1, -0.05) is 18.2 Å². The lowest BCUT2D eigenvalue weighted by Crippen LogP contribution is -2.40. The van der Waals surface area contributed by atoms with Crippen molar-refractivity contribution < 1.29 is 23.9 Å². The SMILES string of the molecule is CN(C)c1ccc2c(c1)Oc1cc(N(C)C)ccc1C21C(=[N+]=[N-])C(=O)c2ccc(C(=O)C=[N+]=[N-])cc21. The summed E-state index contributed by atoms with van der Waals surface area (Å²) in [5.41, 5.74) is 21.7.